The smallest absolute Gasteiger partial charge is 0.327 e. The van der Waals surface area contributed by atoms with Gasteiger partial charge in [0.15, 0.2) is 0 Å². The molecule has 1 nitrogen and oxygen atoms in total. The minimum absolute atomic E-state index is 0.0634. The van der Waals surface area contributed by atoms with Crippen LogP contribution in [0.1, 0.15) is 30.4 Å². The molecule has 1 fully saturated rings. The van der Waals surface area contributed by atoms with Gasteiger partial charge >= 0.3 is 18.3 Å². The number of rotatable bonds is 3. The fraction of sp³-hybridized carbons (Fsp3) is 0.625. The van der Waals surface area contributed by atoms with Crippen LogP contribution in [-0.2, 0) is 12.3 Å². The summed E-state index contributed by atoms with van der Waals surface area (Å²) in [6, 6.07) is 2.50. The molecule has 142 valence electrons. The van der Waals surface area contributed by atoms with Crippen molar-refractivity contribution in [2.45, 2.75) is 50.0 Å². The zero-order valence-electron chi connectivity index (χ0n) is 13.0. The van der Waals surface area contributed by atoms with Crippen molar-refractivity contribution in [1.82, 2.24) is 0 Å². The number of alkyl halides is 8. The Morgan fingerprint density at radius 2 is 1.44 bits per heavy atom. The number of benzene rings is 1. The monoisotopic (exact) mass is 375 g/mol. The summed E-state index contributed by atoms with van der Waals surface area (Å²) in [5.74, 6) is -7.54. The molecule has 2 rings (SSSR count). The molecule has 0 heterocycles. The van der Waals surface area contributed by atoms with E-state index in [1.807, 2.05) is 0 Å². The SMILES string of the molecule is NC1CCCC(C(F)(F)F)C1Cc1ccc(C(F)(F)C(F)(F)F)cc1. The Balaban J connectivity index is 2.20. The summed E-state index contributed by atoms with van der Waals surface area (Å²) in [6.45, 7) is 0. The number of hydrogen-bond acceptors (Lipinski definition) is 1. The van der Waals surface area contributed by atoms with Gasteiger partial charge in [0, 0.05) is 11.6 Å². The molecule has 1 saturated carbocycles. The van der Waals surface area contributed by atoms with Crippen molar-refractivity contribution in [1.29, 1.82) is 0 Å². The summed E-state index contributed by atoms with van der Waals surface area (Å²) in [5, 5.41) is 0. The standard InChI is InChI=1S/C16H17F8N/c17-14(18,16(22,23)24)10-6-4-9(5-7-10)8-11-12(15(19,20)21)2-1-3-13(11)25/h4-7,11-13H,1-3,8,25H2. The quantitative estimate of drug-likeness (QED) is 0.723. The highest BCUT2D eigenvalue weighted by Gasteiger charge is 2.58. The van der Waals surface area contributed by atoms with E-state index < -0.39 is 41.7 Å². The summed E-state index contributed by atoms with van der Waals surface area (Å²) in [5.41, 5.74) is 4.80. The van der Waals surface area contributed by atoms with Gasteiger partial charge in [-0.05, 0) is 30.7 Å². The first-order chi connectivity index (χ1) is 11.3. The average Bonchev–Trinajstić information content (AvgIpc) is 2.47. The first-order valence-corrected chi connectivity index (χ1v) is 7.70. The second-order valence-corrected chi connectivity index (χ2v) is 6.38. The van der Waals surface area contributed by atoms with Crippen LogP contribution in [0.5, 0.6) is 0 Å². The van der Waals surface area contributed by atoms with E-state index in [0.29, 0.717) is 25.0 Å². The molecule has 0 spiro atoms. The van der Waals surface area contributed by atoms with Gasteiger partial charge in [-0.2, -0.15) is 35.1 Å². The zero-order valence-corrected chi connectivity index (χ0v) is 13.0. The lowest BCUT2D eigenvalue weighted by Crippen LogP contribution is -2.45. The van der Waals surface area contributed by atoms with Crippen molar-refractivity contribution in [2.75, 3.05) is 0 Å². The third-order valence-electron chi connectivity index (χ3n) is 4.68. The minimum atomic E-state index is -5.73. The first-order valence-electron chi connectivity index (χ1n) is 7.70. The van der Waals surface area contributed by atoms with Crippen LogP contribution in [0.2, 0.25) is 0 Å². The van der Waals surface area contributed by atoms with Gasteiger partial charge in [0.05, 0.1) is 5.92 Å². The highest BCUT2D eigenvalue weighted by Crippen LogP contribution is 2.45. The Hall–Kier alpha value is -1.38. The van der Waals surface area contributed by atoms with Gasteiger partial charge in [0.25, 0.3) is 0 Å². The molecule has 0 radical (unpaired) electrons. The fourth-order valence-corrected chi connectivity index (χ4v) is 3.29. The third-order valence-corrected chi connectivity index (χ3v) is 4.68. The number of nitrogens with two attached hydrogens (primary N) is 1. The second kappa shape index (κ2) is 6.74. The summed E-state index contributed by atoms with van der Waals surface area (Å²) in [6.07, 6.45) is -9.58. The molecule has 3 atom stereocenters. The topological polar surface area (TPSA) is 26.0 Å². The minimum Gasteiger partial charge on any atom is -0.327 e. The Morgan fingerprint density at radius 1 is 0.880 bits per heavy atom. The van der Waals surface area contributed by atoms with Crippen LogP contribution < -0.4 is 5.73 Å². The van der Waals surface area contributed by atoms with Crippen LogP contribution in [-0.4, -0.2) is 18.4 Å². The van der Waals surface area contributed by atoms with E-state index in [1.54, 1.807) is 0 Å². The van der Waals surface area contributed by atoms with E-state index in [1.165, 1.54) is 0 Å². The Bertz CT molecular complexity index is 575. The molecule has 0 aliphatic heterocycles. The first kappa shape index (κ1) is 19.9. The van der Waals surface area contributed by atoms with Gasteiger partial charge < -0.3 is 5.73 Å². The average molecular weight is 375 g/mol. The van der Waals surface area contributed by atoms with Crippen LogP contribution in [0.4, 0.5) is 35.1 Å². The van der Waals surface area contributed by atoms with E-state index in [0.717, 1.165) is 12.1 Å². The van der Waals surface area contributed by atoms with E-state index in [9.17, 15) is 35.1 Å². The van der Waals surface area contributed by atoms with Gasteiger partial charge in [0.2, 0.25) is 0 Å². The maximum atomic E-state index is 13.2. The van der Waals surface area contributed by atoms with Crippen LogP contribution in [0.3, 0.4) is 0 Å². The number of halogens is 8. The molecule has 1 aromatic carbocycles. The van der Waals surface area contributed by atoms with Crippen molar-refractivity contribution in [3.8, 4) is 0 Å². The lowest BCUT2D eigenvalue weighted by Gasteiger charge is -2.37. The van der Waals surface area contributed by atoms with E-state index in [4.69, 9.17) is 5.73 Å². The van der Waals surface area contributed by atoms with Gasteiger partial charge in [-0.3, -0.25) is 0 Å². The maximum Gasteiger partial charge on any atom is 0.458 e. The van der Waals surface area contributed by atoms with Gasteiger partial charge in [-0.25, -0.2) is 0 Å². The van der Waals surface area contributed by atoms with Gasteiger partial charge in [-0.15, -0.1) is 0 Å². The van der Waals surface area contributed by atoms with Crippen molar-refractivity contribution in [2.24, 2.45) is 17.6 Å². The molecule has 0 amide bonds. The van der Waals surface area contributed by atoms with Crippen molar-refractivity contribution in [3.05, 3.63) is 35.4 Å². The van der Waals surface area contributed by atoms with Crippen molar-refractivity contribution >= 4 is 0 Å². The van der Waals surface area contributed by atoms with Crippen molar-refractivity contribution < 1.29 is 35.1 Å². The molecule has 3 unspecified atom stereocenters. The molecule has 1 aliphatic rings. The lowest BCUT2D eigenvalue weighted by atomic mass is 9.73. The molecular formula is C16H17F8N. The van der Waals surface area contributed by atoms with Crippen LogP contribution >= 0.6 is 0 Å². The molecule has 0 bridgehead atoms. The molecule has 25 heavy (non-hydrogen) atoms. The molecule has 1 aliphatic carbocycles. The Kier molecular flexibility index (Phi) is 5.37. The normalized spacial score (nSPS) is 25.9. The summed E-state index contributed by atoms with van der Waals surface area (Å²) in [4.78, 5) is 0. The van der Waals surface area contributed by atoms with E-state index in [-0.39, 0.29) is 18.4 Å². The highest BCUT2D eigenvalue weighted by atomic mass is 19.4. The predicted octanol–water partition coefficient (Wildman–Crippen LogP) is 5.19. The number of hydrogen-bond donors (Lipinski definition) is 1. The summed E-state index contributed by atoms with van der Waals surface area (Å²) < 4.78 is 103. The fourth-order valence-electron chi connectivity index (χ4n) is 3.29. The van der Waals surface area contributed by atoms with Crippen LogP contribution in [0.25, 0.3) is 0 Å². The molecule has 9 heteroatoms. The van der Waals surface area contributed by atoms with Crippen molar-refractivity contribution in [3.63, 3.8) is 0 Å². The van der Waals surface area contributed by atoms with Gasteiger partial charge in [-0.1, -0.05) is 30.7 Å². The highest BCUT2D eigenvalue weighted by molar-refractivity contribution is 5.27. The summed E-state index contributed by atoms with van der Waals surface area (Å²) in [7, 11) is 0. The Labute approximate surface area is 139 Å². The predicted molar refractivity (Wildman–Crippen MR) is 75.0 cm³/mol. The summed E-state index contributed by atoms with van der Waals surface area (Å²) >= 11 is 0. The van der Waals surface area contributed by atoms with E-state index >= 15 is 0 Å². The Morgan fingerprint density at radius 3 is 1.92 bits per heavy atom. The molecular weight excluding hydrogens is 358 g/mol. The molecule has 1 aromatic rings. The van der Waals surface area contributed by atoms with Crippen LogP contribution in [0.15, 0.2) is 24.3 Å². The maximum absolute atomic E-state index is 13.2. The largest absolute Gasteiger partial charge is 0.458 e. The van der Waals surface area contributed by atoms with Crippen LogP contribution in [0, 0.1) is 11.8 Å². The second-order valence-electron chi connectivity index (χ2n) is 6.38. The molecule has 0 aromatic heterocycles. The molecule has 2 N–H and O–H groups in total. The third kappa shape index (κ3) is 4.24. The van der Waals surface area contributed by atoms with Gasteiger partial charge in [0.1, 0.15) is 0 Å². The lowest BCUT2D eigenvalue weighted by molar-refractivity contribution is -0.289. The molecule has 0 saturated heterocycles. The van der Waals surface area contributed by atoms with E-state index in [2.05, 4.69) is 0 Å². The zero-order chi connectivity index (χ0) is 19.0.